The lowest BCUT2D eigenvalue weighted by molar-refractivity contribution is 0.0531. The van der Waals surface area contributed by atoms with Gasteiger partial charge in [0.1, 0.15) is 0 Å². The maximum absolute atomic E-state index is 5.95. The van der Waals surface area contributed by atoms with Crippen molar-refractivity contribution in [2.45, 2.75) is 33.3 Å². The lowest BCUT2D eigenvalue weighted by Crippen LogP contribution is -2.13. The van der Waals surface area contributed by atoms with Gasteiger partial charge in [-0.05, 0) is 17.4 Å². The van der Waals surface area contributed by atoms with Gasteiger partial charge in [0.25, 0.3) is 0 Å². The van der Waals surface area contributed by atoms with Crippen LogP contribution in [0.1, 0.15) is 38.9 Å². The van der Waals surface area contributed by atoms with Crippen LogP contribution in [0.15, 0.2) is 30.3 Å². The van der Waals surface area contributed by atoms with E-state index in [0.717, 1.165) is 17.5 Å². The van der Waals surface area contributed by atoms with Crippen molar-refractivity contribution in [3.63, 3.8) is 0 Å². The van der Waals surface area contributed by atoms with Gasteiger partial charge in [0.05, 0.1) is 6.10 Å². The molecular formula is C14H21IO. The molecule has 1 aromatic rings. The zero-order valence-electron chi connectivity index (χ0n) is 10.4. The number of alkyl halides is 1. The number of rotatable bonds is 5. The molecule has 0 aliphatic heterocycles. The predicted octanol–water partition coefficient (Wildman–Crippen LogP) is 4.62. The molecule has 0 aromatic heterocycles. The molecule has 1 rings (SSSR count). The van der Waals surface area contributed by atoms with E-state index in [4.69, 9.17) is 4.74 Å². The van der Waals surface area contributed by atoms with Gasteiger partial charge >= 0.3 is 0 Å². The lowest BCUT2D eigenvalue weighted by atomic mass is 9.93. The molecule has 0 saturated carbocycles. The summed E-state index contributed by atoms with van der Waals surface area (Å²) < 4.78 is 6.95. The van der Waals surface area contributed by atoms with E-state index in [9.17, 15) is 0 Å². The van der Waals surface area contributed by atoms with Gasteiger partial charge in [-0.2, -0.15) is 0 Å². The summed E-state index contributed by atoms with van der Waals surface area (Å²) >= 11 is 2.39. The Labute approximate surface area is 113 Å². The van der Waals surface area contributed by atoms with Gasteiger partial charge < -0.3 is 4.74 Å². The van der Waals surface area contributed by atoms with Crippen LogP contribution in [0.2, 0.25) is 0 Å². The number of hydrogen-bond donors (Lipinski definition) is 0. The van der Waals surface area contributed by atoms with Crippen molar-refractivity contribution in [3.05, 3.63) is 35.9 Å². The summed E-state index contributed by atoms with van der Waals surface area (Å²) in [6, 6.07) is 10.5. The Morgan fingerprint density at radius 2 is 1.81 bits per heavy atom. The molecular weight excluding hydrogens is 311 g/mol. The Hall–Kier alpha value is -0.0900. The Kier molecular flexibility index (Phi) is 5.76. The van der Waals surface area contributed by atoms with Crippen molar-refractivity contribution in [1.29, 1.82) is 0 Å². The molecule has 90 valence electrons. The standard InChI is InChI=1S/C14H21IO/c1-14(2,3)9-10-16-13(11-15)12-7-5-4-6-8-12/h4-8,13H,9-11H2,1-3H3. The summed E-state index contributed by atoms with van der Waals surface area (Å²) in [6.45, 7) is 7.58. The average Bonchev–Trinajstić information content (AvgIpc) is 2.24. The van der Waals surface area contributed by atoms with Crippen LogP contribution in [0, 0.1) is 5.41 Å². The summed E-state index contributed by atoms with van der Waals surface area (Å²) in [7, 11) is 0. The molecule has 0 N–H and O–H groups in total. The summed E-state index contributed by atoms with van der Waals surface area (Å²) in [5.41, 5.74) is 1.64. The highest BCUT2D eigenvalue weighted by Gasteiger charge is 2.13. The fourth-order valence-corrected chi connectivity index (χ4v) is 2.17. The zero-order chi connectivity index (χ0) is 12.0. The van der Waals surface area contributed by atoms with Crippen LogP contribution in [-0.4, -0.2) is 11.0 Å². The van der Waals surface area contributed by atoms with Crippen LogP contribution in [0.25, 0.3) is 0 Å². The lowest BCUT2D eigenvalue weighted by Gasteiger charge is -2.21. The van der Waals surface area contributed by atoms with Crippen LogP contribution in [0.4, 0.5) is 0 Å². The molecule has 0 spiro atoms. The van der Waals surface area contributed by atoms with E-state index in [1.807, 2.05) is 6.07 Å². The Morgan fingerprint density at radius 1 is 1.19 bits per heavy atom. The second-order valence-electron chi connectivity index (χ2n) is 5.24. The molecule has 0 bridgehead atoms. The molecule has 1 atom stereocenters. The summed E-state index contributed by atoms with van der Waals surface area (Å²) in [6.07, 6.45) is 1.34. The third kappa shape index (κ3) is 5.30. The maximum Gasteiger partial charge on any atom is 0.0914 e. The Balaban J connectivity index is 2.45. The maximum atomic E-state index is 5.95. The van der Waals surface area contributed by atoms with Crippen molar-refractivity contribution in [2.75, 3.05) is 11.0 Å². The zero-order valence-corrected chi connectivity index (χ0v) is 12.5. The number of ether oxygens (including phenoxy) is 1. The van der Waals surface area contributed by atoms with Crippen molar-refractivity contribution >= 4 is 22.6 Å². The minimum atomic E-state index is 0.240. The molecule has 0 fully saturated rings. The molecule has 0 saturated heterocycles. The van der Waals surface area contributed by atoms with E-state index in [2.05, 4.69) is 67.6 Å². The van der Waals surface area contributed by atoms with Crippen LogP contribution >= 0.6 is 22.6 Å². The highest BCUT2D eigenvalue weighted by Crippen LogP contribution is 2.23. The minimum absolute atomic E-state index is 0.240. The van der Waals surface area contributed by atoms with Crippen LogP contribution < -0.4 is 0 Å². The predicted molar refractivity (Wildman–Crippen MR) is 78.1 cm³/mol. The molecule has 2 heteroatoms. The highest BCUT2D eigenvalue weighted by molar-refractivity contribution is 14.1. The highest BCUT2D eigenvalue weighted by atomic mass is 127. The second kappa shape index (κ2) is 6.60. The van der Waals surface area contributed by atoms with Crippen molar-refractivity contribution in [2.24, 2.45) is 5.41 Å². The van der Waals surface area contributed by atoms with Crippen LogP contribution in [0.3, 0.4) is 0 Å². The molecule has 1 aromatic carbocycles. The SMILES string of the molecule is CC(C)(C)CCOC(CI)c1ccccc1. The monoisotopic (exact) mass is 332 g/mol. The normalized spacial score (nSPS) is 13.8. The minimum Gasteiger partial charge on any atom is -0.373 e. The first-order chi connectivity index (χ1) is 7.53. The fraction of sp³-hybridized carbons (Fsp3) is 0.571. The van der Waals surface area contributed by atoms with E-state index < -0.39 is 0 Å². The van der Waals surface area contributed by atoms with Gasteiger partial charge in [0.2, 0.25) is 0 Å². The average molecular weight is 332 g/mol. The Morgan fingerprint density at radius 3 is 2.31 bits per heavy atom. The second-order valence-corrected chi connectivity index (χ2v) is 6.12. The molecule has 1 nitrogen and oxygen atoms in total. The third-order valence-corrected chi connectivity index (χ3v) is 3.28. The van der Waals surface area contributed by atoms with Gasteiger partial charge in [0, 0.05) is 11.0 Å². The number of halogens is 1. The first-order valence-electron chi connectivity index (χ1n) is 5.75. The summed E-state index contributed by atoms with van der Waals surface area (Å²) in [5.74, 6) is 0. The van der Waals surface area contributed by atoms with Crippen LogP contribution in [-0.2, 0) is 4.74 Å². The van der Waals surface area contributed by atoms with Gasteiger partial charge in [0.15, 0.2) is 0 Å². The first-order valence-corrected chi connectivity index (χ1v) is 7.28. The van der Waals surface area contributed by atoms with Gasteiger partial charge in [-0.3, -0.25) is 0 Å². The van der Waals surface area contributed by atoms with Crippen molar-refractivity contribution < 1.29 is 4.74 Å². The van der Waals surface area contributed by atoms with E-state index in [1.54, 1.807) is 0 Å². The molecule has 0 aliphatic carbocycles. The van der Waals surface area contributed by atoms with Gasteiger partial charge in [-0.15, -0.1) is 0 Å². The smallest absolute Gasteiger partial charge is 0.0914 e. The molecule has 1 unspecified atom stereocenters. The van der Waals surface area contributed by atoms with Crippen molar-refractivity contribution in [3.8, 4) is 0 Å². The summed E-state index contributed by atoms with van der Waals surface area (Å²) in [5, 5.41) is 0. The van der Waals surface area contributed by atoms with E-state index in [0.29, 0.717) is 5.41 Å². The first kappa shape index (κ1) is 14.0. The quantitative estimate of drug-likeness (QED) is 0.565. The van der Waals surface area contributed by atoms with Gasteiger partial charge in [-0.25, -0.2) is 0 Å². The van der Waals surface area contributed by atoms with Crippen LogP contribution in [0.5, 0.6) is 0 Å². The van der Waals surface area contributed by atoms with Gasteiger partial charge in [-0.1, -0.05) is 73.7 Å². The van der Waals surface area contributed by atoms with E-state index in [1.165, 1.54) is 5.56 Å². The largest absolute Gasteiger partial charge is 0.373 e. The van der Waals surface area contributed by atoms with Crippen molar-refractivity contribution in [1.82, 2.24) is 0 Å². The summed E-state index contributed by atoms with van der Waals surface area (Å²) in [4.78, 5) is 0. The molecule has 0 amide bonds. The Bertz CT molecular complexity index is 289. The topological polar surface area (TPSA) is 9.23 Å². The number of hydrogen-bond acceptors (Lipinski definition) is 1. The molecule has 16 heavy (non-hydrogen) atoms. The van der Waals surface area contributed by atoms with E-state index in [-0.39, 0.29) is 6.10 Å². The molecule has 0 radical (unpaired) electrons. The third-order valence-electron chi connectivity index (χ3n) is 2.48. The fourth-order valence-electron chi connectivity index (χ4n) is 1.40. The molecule has 0 heterocycles. The van der Waals surface area contributed by atoms with E-state index >= 15 is 0 Å². The number of benzene rings is 1. The molecule has 0 aliphatic rings.